The van der Waals surface area contributed by atoms with Gasteiger partial charge in [0, 0.05) is 18.2 Å². The number of anilines is 1. The molecule has 4 heteroatoms. The van der Waals surface area contributed by atoms with Crippen molar-refractivity contribution in [2.24, 2.45) is 0 Å². The monoisotopic (exact) mass is 219 g/mol. The quantitative estimate of drug-likeness (QED) is 0.793. The van der Waals surface area contributed by atoms with Crippen LogP contribution in [0.25, 0.3) is 0 Å². The van der Waals surface area contributed by atoms with Crippen LogP contribution in [0, 0.1) is 0 Å². The lowest BCUT2D eigenvalue weighted by atomic mass is 9.90. The Balaban J connectivity index is 2.10. The highest BCUT2D eigenvalue weighted by molar-refractivity contribution is 5.90. The third-order valence-electron chi connectivity index (χ3n) is 3.26. The SMILES string of the molecule is CC1(C(=O)Cc2cccnc2N)CCCN1. The number of hydrogen-bond acceptors (Lipinski definition) is 4. The number of hydrogen-bond donors (Lipinski definition) is 2. The van der Waals surface area contributed by atoms with Crippen LogP contribution in [0.4, 0.5) is 5.82 Å². The standard InChI is InChI=1S/C12H17N3O/c1-12(5-3-7-15-12)10(16)8-9-4-2-6-14-11(9)13/h2,4,6,15H,3,5,7-8H2,1H3,(H2,13,14). The molecule has 1 atom stereocenters. The molecule has 3 N–H and O–H groups in total. The first-order valence-electron chi connectivity index (χ1n) is 5.59. The Bertz CT molecular complexity index is 397. The molecule has 1 fully saturated rings. The van der Waals surface area contributed by atoms with E-state index in [4.69, 9.17) is 5.73 Å². The summed E-state index contributed by atoms with van der Waals surface area (Å²) in [5.41, 5.74) is 6.18. The molecule has 4 nitrogen and oxygen atoms in total. The molecule has 0 saturated carbocycles. The van der Waals surface area contributed by atoms with Gasteiger partial charge in [-0.25, -0.2) is 4.98 Å². The van der Waals surface area contributed by atoms with Crippen LogP contribution in [0.3, 0.4) is 0 Å². The normalized spacial score (nSPS) is 24.6. The van der Waals surface area contributed by atoms with Crippen LogP contribution in [0.15, 0.2) is 18.3 Å². The highest BCUT2D eigenvalue weighted by Crippen LogP contribution is 2.22. The molecule has 1 aromatic rings. The summed E-state index contributed by atoms with van der Waals surface area (Å²) in [7, 11) is 0. The Morgan fingerprint density at radius 3 is 3.12 bits per heavy atom. The summed E-state index contributed by atoms with van der Waals surface area (Å²) in [6.07, 6.45) is 3.97. The minimum absolute atomic E-state index is 0.199. The lowest BCUT2D eigenvalue weighted by molar-refractivity contribution is -0.123. The van der Waals surface area contributed by atoms with Crippen molar-refractivity contribution in [2.45, 2.75) is 31.7 Å². The van der Waals surface area contributed by atoms with Crippen molar-refractivity contribution in [3.8, 4) is 0 Å². The van der Waals surface area contributed by atoms with Gasteiger partial charge in [0.2, 0.25) is 0 Å². The molecule has 1 aliphatic rings. The number of carbonyl (C=O) groups excluding carboxylic acids is 1. The minimum Gasteiger partial charge on any atom is -0.383 e. The van der Waals surface area contributed by atoms with Gasteiger partial charge in [-0.05, 0) is 32.4 Å². The highest BCUT2D eigenvalue weighted by atomic mass is 16.1. The van der Waals surface area contributed by atoms with Gasteiger partial charge in [-0.3, -0.25) is 4.79 Å². The topological polar surface area (TPSA) is 68.0 Å². The summed E-state index contributed by atoms with van der Waals surface area (Å²) >= 11 is 0. The van der Waals surface area contributed by atoms with E-state index >= 15 is 0 Å². The van der Waals surface area contributed by atoms with Crippen LogP contribution in [-0.2, 0) is 11.2 Å². The Hall–Kier alpha value is -1.42. The second-order valence-corrected chi connectivity index (χ2v) is 4.51. The molecule has 0 aliphatic carbocycles. The fraction of sp³-hybridized carbons (Fsp3) is 0.500. The number of Topliss-reactive ketones (excluding diaryl/α,β-unsaturated/α-hetero) is 1. The van der Waals surface area contributed by atoms with Gasteiger partial charge >= 0.3 is 0 Å². The summed E-state index contributed by atoms with van der Waals surface area (Å²) in [4.78, 5) is 16.1. The maximum absolute atomic E-state index is 12.1. The van der Waals surface area contributed by atoms with Gasteiger partial charge in [-0.2, -0.15) is 0 Å². The molecular weight excluding hydrogens is 202 g/mol. The van der Waals surface area contributed by atoms with Gasteiger partial charge in [0.05, 0.1) is 5.54 Å². The predicted molar refractivity (Wildman–Crippen MR) is 63.0 cm³/mol. The molecule has 0 spiro atoms. The Kier molecular flexibility index (Phi) is 2.92. The van der Waals surface area contributed by atoms with E-state index in [2.05, 4.69) is 10.3 Å². The number of nitrogen functional groups attached to an aromatic ring is 1. The zero-order valence-corrected chi connectivity index (χ0v) is 9.49. The largest absolute Gasteiger partial charge is 0.383 e. The number of rotatable bonds is 3. The van der Waals surface area contributed by atoms with Crippen LogP contribution >= 0.6 is 0 Å². The Morgan fingerprint density at radius 2 is 2.50 bits per heavy atom. The van der Waals surface area contributed by atoms with E-state index < -0.39 is 0 Å². The van der Waals surface area contributed by atoms with E-state index in [1.807, 2.05) is 19.1 Å². The van der Waals surface area contributed by atoms with Crippen LogP contribution < -0.4 is 11.1 Å². The molecule has 0 aromatic carbocycles. The molecule has 0 radical (unpaired) electrons. The molecule has 1 aromatic heterocycles. The summed E-state index contributed by atoms with van der Waals surface area (Å²) in [5.74, 6) is 0.655. The first-order chi connectivity index (χ1) is 7.62. The van der Waals surface area contributed by atoms with Gasteiger partial charge in [-0.1, -0.05) is 6.07 Å². The number of nitrogens with one attached hydrogen (secondary N) is 1. The van der Waals surface area contributed by atoms with E-state index in [1.54, 1.807) is 6.20 Å². The first kappa shape index (κ1) is 11.1. The van der Waals surface area contributed by atoms with Crippen LogP contribution in [0.5, 0.6) is 0 Å². The van der Waals surface area contributed by atoms with Crippen LogP contribution in [0.2, 0.25) is 0 Å². The Morgan fingerprint density at radius 1 is 1.69 bits per heavy atom. The van der Waals surface area contributed by atoms with Crippen molar-refractivity contribution in [3.05, 3.63) is 23.9 Å². The van der Waals surface area contributed by atoms with Crippen molar-refractivity contribution in [2.75, 3.05) is 12.3 Å². The van der Waals surface area contributed by atoms with Crippen LogP contribution in [-0.4, -0.2) is 22.9 Å². The smallest absolute Gasteiger partial charge is 0.157 e. The van der Waals surface area contributed by atoms with Crippen molar-refractivity contribution in [1.29, 1.82) is 0 Å². The summed E-state index contributed by atoms with van der Waals surface area (Å²) < 4.78 is 0. The maximum atomic E-state index is 12.1. The van der Waals surface area contributed by atoms with Crippen molar-refractivity contribution in [1.82, 2.24) is 10.3 Å². The maximum Gasteiger partial charge on any atom is 0.157 e. The third-order valence-corrected chi connectivity index (χ3v) is 3.26. The lowest BCUT2D eigenvalue weighted by Crippen LogP contribution is -2.45. The van der Waals surface area contributed by atoms with Gasteiger partial charge in [0.1, 0.15) is 5.82 Å². The molecule has 0 bridgehead atoms. The van der Waals surface area contributed by atoms with Crippen molar-refractivity contribution >= 4 is 11.6 Å². The zero-order chi connectivity index (χ0) is 11.6. The number of aromatic nitrogens is 1. The van der Waals surface area contributed by atoms with E-state index in [0.717, 1.165) is 24.9 Å². The van der Waals surface area contributed by atoms with Gasteiger partial charge < -0.3 is 11.1 Å². The van der Waals surface area contributed by atoms with E-state index in [1.165, 1.54) is 0 Å². The fourth-order valence-electron chi connectivity index (χ4n) is 2.10. The minimum atomic E-state index is -0.373. The van der Waals surface area contributed by atoms with Crippen LogP contribution in [0.1, 0.15) is 25.3 Å². The third kappa shape index (κ3) is 2.07. The second kappa shape index (κ2) is 4.22. The zero-order valence-electron chi connectivity index (χ0n) is 9.49. The van der Waals surface area contributed by atoms with E-state index in [0.29, 0.717) is 12.2 Å². The van der Waals surface area contributed by atoms with Gasteiger partial charge in [0.25, 0.3) is 0 Å². The van der Waals surface area contributed by atoms with E-state index in [9.17, 15) is 4.79 Å². The molecule has 2 rings (SSSR count). The molecular formula is C12H17N3O. The predicted octanol–water partition coefficient (Wildman–Crippen LogP) is 0.918. The molecule has 1 aliphatic heterocycles. The Labute approximate surface area is 95.3 Å². The molecule has 16 heavy (non-hydrogen) atoms. The van der Waals surface area contributed by atoms with Crippen molar-refractivity contribution in [3.63, 3.8) is 0 Å². The number of ketones is 1. The number of nitrogens with two attached hydrogens (primary N) is 1. The molecule has 86 valence electrons. The summed E-state index contributed by atoms with van der Waals surface area (Å²) in [5, 5.41) is 3.26. The highest BCUT2D eigenvalue weighted by Gasteiger charge is 2.35. The summed E-state index contributed by atoms with van der Waals surface area (Å²) in [6, 6.07) is 3.67. The first-order valence-corrected chi connectivity index (χ1v) is 5.59. The summed E-state index contributed by atoms with van der Waals surface area (Å²) in [6.45, 7) is 2.89. The number of pyridine rings is 1. The van der Waals surface area contributed by atoms with Crippen molar-refractivity contribution < 1.29 is 4.79 Å². The fourth-order valence-corrected chi connectivity index (χ4v) is 2.10. The molecule has 1 unspecified atom stereocenters. The van der Waals surface area contributed by atoms with E-state index in [-0.39, 0.29) is 11.3 Å². The average molecular weight is 219 g/mol. The molecule has 0 amide bonds. The molecule has 2 heterocycles. The number of carbonyl (C=O) groups is 1. The second-order valence-electron chi connectivity index (χ2n) is 4.51. The lowest BCUT2D eigenvalue weighted by Gasteiger charge is -2.22. The van der Waals surface area contributed by atoms with Gasteiger partial charge in [-0.15, -0.1) is 0 Å². The van der Waals surface area contributed by atoms with Gasteiger partial charge in [0.15, 0.2) is 5.78 Å². The molecule has 1 saturated heterocycles. The average Bonchev–Trinajstić information content (AvgIpc) is 2.70. The number of nitrogens with zero attached hydrogens (tertiary/aromatic N) is 1.